The number of nitrogens with one attached hydrogen (secondary N) is 1. The quantitative estimate of drug-likeness (QED) is 0.431. The van der Waals surface area contributed by atoms with Gasteiger partial charge in [-0.2, -0.15) is 13.2 Å². The Kier molecular flexibility index (Phi) is 5.56. The summed E-state index contributed by atoms with van der Waals surface area (Å²) in [6.45, 7) is 1.32. The van der Waals surface area contributed by atoms with Crippen LogP contribution >= 0.6 is 22.7 Å². The highest BCUT2D eigenvalue weighted by Crippen LogP contribution is 2.41. The van der Waals surface area contributed by atoms with Crippen LogP contribution in [0.1, 0.15) is 30.5 Å². The van der Waals surface area contributed by atoms with E-state index in [1.54, 1.807) is 0 Å². The van der Waals surface area contributed by atoms with Gasteiger partial charge in [0.1, 0.15) is 26.1 Å². The van der Waals surface area contributed by atoms with Crippen LogP contribution in [0.2, 0.25) is 0 Å². The Balaban J connectivity index is 2.01. The van der Waals surface area contributed by atoms with E-state index in [-0.39, 0.29) is 33.0 Å². The average Bonchev–Trinajstić information content (AvgIpc) is 3.23. The second kappa shape index (κ2) is 7.69. The van der Waals surface area contributed by atoms with Crippen molar-refractivity contribution in [2.75, 3.05) is 5.32 Å². The number of carbonyl (C=O) groups excluding carboxylic acids is 1. The molecule has 3 aromatic rings. The fourth-order valence-electron chi connectivity index (χ4n) is 2.56. The molecule has 0 aliphatic carbocycles. The fraction of sp³-hybridized carbons (Fsp3) is 0.111. The van der Waals surface area contributed by atoms with Gasteiger partial charge in [-0.25, -0.2) is 13.6 Å². The van der Waals surface area contributed by atoms with Crippen LogP contribution in [0.4, 0.5) is 27.0 Å². The minimum Gasteiger partial charge on any atom is -0.506 e. The first-order valence-electron chi connectivity index (χ1n) is 7.93. The minimum absolute atomic E-state index is 0.00511. The topological polar surface area (TPSA) is 86.6 Å². The summed E-state index contributed by atoms with van der Waals surface area (Å²) in [5.41, 5.74) is -1.13. The predicted octanol–water partition coefficient (Wildman–Crippen LogP) is 5.74. The zero-order valence-corrected chi connectivity index (χ0v) is 16.4. The van der Waals surface area contributed by atoms with E-state index >= 15 is 0 Å². The summed E-state index contributed by atoms with van der Waals surface area (Å²) >= 11 is 0.636. The zero-order chi connectivity index (χ0) is 22.4. The van der Waals surface area contributed by atoms with Gasteiger partial charge in [-0.3, -0.25) is 4.79 Å². The summed E-state index contributed by atoms with van der Waals surface area (Å²) in [4.78, 5) is 22.1. The van der Waals surface area contributed by atoms with Gasteiger partial charge in [0.15, 0.2) is 11.6 Å². The number of alkyl halides is 3. The van der Waals surface area contributed by atoms with Crippen molar-refractivity contribution in [2.45, 2.75) is 13.1 Å². The van der Waals surface area contributed by atoms with E-state index in [2.05, 4.69) is 5.32 Å². The molecule has 5 nitrogen and oxygen atoms in total. The number of thiophene rings is 2. The van der Waals surface area contributed by atoms with Crippen LogP contribution in [0.15, 0.2) is 23.6 Å². The van der Waals surface area contributed by atoms with Crippen LogP contribution in [0.25, 0.3) is 11.1 Å². The average molecular weight is 463 g/mol. The Hall–Kier alpha value is -2.99. The first-order valence-corrected chi connectivity index (χ1v) is 9.62. The maximum atomic E-state index is 14.3. The second-order valence-corrected chi connectivity index (χ2v) is 7.93. The van der Waals surface area contributed by atoms with E-state index in [9.17, 15) is 41.8 Å². The second-order valence-electron chi connectivity index (χ2n) is 5.99. The maximum Gasteiger partial charge on any atom is 0.425 e. The van der Waals surface area contributed by atoms with Crippen LogP contribution < -0.4 is 5.32 Å². The number of benzene rings is 1. The number of aryl methyl sites for hydroxylation is 1. The van der Waals surface area contributed by atoms with Gasteiger partial charge in [0.05, 0.1) is 0 Å². The number of anilines is 1. The lowest BCUT2D eigenvalue weighted by Gasteiger charge is -2.08. The first kappa shape index (κ1) is 21.7. The lowest BCUT2D eigenvalue weighted by atomic mass is 10.0. The van der Waals surface area contributed by atoms with E-state index in [0.29, 0.717) is 17.4 Å². The third kappa shape index (κ3) is 3.87. The maximum absolute atomic E-state index is 14.3. The number of hydrogen-bond donors (Lipinski definition) is 3. The lowest BCUT2D eigenvalue weighted by Crippen LogP contribution is -2.12. The normalized spacial score (nSPS) is 11.5. The molecule has 3 rings (SSSR count). The summed E-state index contributed by atoms with van der Waals surface area (Å²) in [7, 11) is 0. The molecule has 0 bridgehead atoms. The van der Waals surface area contributed by atoms with Gasteiger partial charge in [-0.05, 0) is 12.5 Å². The Morgan fingerprint density at radius 2 is 1.77 bits per heavy atom. The van der Waals surface area contributed by atoms with E-state index in [0.717, 1.165) is 0 Å². The molecule has 0 aliphatic rings. The highest BCUT2D eigenvalue weighted by atomic mass is 32.1. The molecule has 0 radical (unpaired) electrons. The van der Waals surface area contributed by atoms with E-state index in [1.807, 2.05) is 0 Å². The molecule has 12 heteroatoms. The molecule has 158 valence electrons. The summed E-state index contributed by atoms with van der Waals surface area (Å²) in [5, 5.41) is 22.1. The third-order valence-corrected chi connectivity index (χ3v) is 6.06. The van der Waals surface area contributed by atoms with Crippen molar-refractivity contribution < 1.29 is 41.8 Å². The van der Waals surface area contributed by atoms with E-state index < -0.39 is 50.8 Å². The smallest absolute Gasteiger partial charge is 0.425 e. The Labute approximate surface area is 173 Å². The molecule has 2 heterocycles. The van der Waals surface area contributed by atoms with Crippen molar-refractivity contribution in [2.24, 2.45) is 0 Å². The fourth-order valence-corrected chi connectivity index (χ4v) is 4.32. The van der Waals surface area contributed by atoms with Crippen LogP contribution in [-0.4, -0.2) is 22.1 Å². The molecule has 0 saturated heterocycles. The van der Waals surface area contributed by atoms with Gasteiger partial charge in [0.25, 0.3) is 5.91 Å². The zero-order valence-electron chi connectivity index (χ0n) is 14.7. The highest BCUT2D eigenvalue weighted by Gasteiger charge is 2.35. The van der Waals surface area contributed by atoms with Gasteiger partial charge >= 0.3 is 12.1 Å². The number of aromatic hydroxyl groups is 1. The molecule has 30 heavy (non-hydrogen) atoms. The molecule has 3 N–H and O–H groups in total. The number of amides is 1. The number of carboxylic acid groups (broad SMARTS) is 1. The highest BCUT2D eigenvalue weighted by molar-refractivity contribution is 7.16. The molecule has 0 aliphatic heterocycles. The number of aromatic carboxylic acids is 1. The van der Waals surface area contributed by atoms with Gasteiger partial charge in [0, 0.05) is 22.6 Å². The molecule has 1 amide bonds. The summed E-state index contributed by atoms with van der Waals surface area (Å²) in [6.07, 6.45) is -4.78. The predicted molar refractivity (Wildman–Crippen MR) is 100 cm³/mol. The molecule has 0 unspecified atom stereocenters. The van der Waals surface area contributed by atoms with Gasteiger partial charge in [-0.1, -0.05) is 12.1 Å². The molecule has 0 saturated carbocycles. The van der Waals surface area contributed by atoms with Gasteiger partial charge < -0.3 is 15.5 Å². The van der Waals surface area contributed by atoms with Crippen molar-refractivity contribution in [1.82, 2.24) is 0 Å². The molecule has 0 spiro atoms. The monoisotopic (exact) mass is 463 g/mol. The Morgan fingerprint density at radius 1 is 1.10 bits per heavy atom. The third-order valence-electron chi connectivity index (χ3n) is 4.00. The lowest BCUT2D eigenvalue weighted by molar-refractivity contribution is -0.134. The van der Waals surface area contributed by atoms with Crippen molar-refractivity contribution in [1.29, 1.82) is 0 Å². The summed E-state index contributed by atoms with van der Waals surface area (Å²) < 4.78 is 66.5. The summed E-state index contributed by atoms with van der Waals surface area (Å²) in [6, 6.07) is 2.80. The van der Waals surface area contributed by atoms with Crippen molar-refractivity contribution in [3.05, 3.63) is 56.1 Å². The molecule has 2 aromatic heterocycles. The van der Waals surface area contributed by atoms with Gasteiger partial charge in [0.2, 0.25) is 0 Å². The van der Waals surface area contributed by atoms with Crippen molar-refractivity contribution in [3.8, 4) is 16.9 Å². The molecule has 1 aromatic carbocycles. The Bertz CT molecular complexity index is 1170. The van der Waals surface area contributed by atoms with Gasteiger partial charge in [-0.15, -0.1) is 22.7 Å². The molecule has 0 fully saturated rings. The van der Waals surface area contributed by atoms with E-state index in [1.165, 1.54) is 24.4 Å². The van der Waals surface area contributed by atoms with Crippen molar-refractivity contribution >= 4 is 39.6 Å². The minimum atomic E-state index is -4.78. The SMILES string of the molecule is Cc1ccc(-c2csc(NC(=O)c3sc(C(F)(F)F)cc3O)c2C(=O)O)c(F)c1F. The summed E-state index contributed by atoms with van der Waals surface area (Å²) in [5.74, 6) is -6.12. The van der Waals surface area contributed by atoms with Crippen molar-refractivity contribution in [3.63, 3.8) is 0 Å². The number of hydrogen-bond acceptors (Lipinski definition) is 5. The largest absolute Gasteiger partial charge is 0.506 e. The Morgan fingerprint density at radius 3 is 2.33 bits per heavy atom. The van der Waals surface area contributed by atoms with Crippen LogP contribution in [-0.2, 0) is 6.18 Å². The standard InChI is InChI=1S/C18H10F5NO4S2/c1-6-2-3-7(13(20)12(6)19)8-5-29-16(11(8)17(27)28)24-15(26)14-9(25)4-10(30-14)18(21,22)23/h2-5,25H,1H3,(H,24,26)(H,27,28). The molecular formula is C18H10F5NO4S2. The number of carbonyl (C=O) groups is 2. The molecular weight excluding hydrogens is 453 g/mol. The van der Waals surface area contributed by atoms with Crippen LogP contribution in [0.5, 0.6) is 5.75 Å². The number of halogens is 5. The first-order chi connectivity index (χ1) is 13.9. The van der Waals surface area contributed by atoms with Crippen LogP contribution in [0, 0.1) is 18.6 Å². The number of rotatable bonds is 4. The molecule has 0 atom stereocenters. The van der Waals surface area contributed by atoms with E-state index in [4.69, 9.17) is 0 Å². The van der Waals surface area contributed by atoms with Crippen LogP contribution in [0.3, 0.4) is 0 Å². The number of carboxylic acids is 1.